The predicted molar refractivity (Wildman–Crippen MR) is 131 cm³/mol. The SMILES string of the molecule is O=C(OC[C@H]1CC[C@H](CCSc2n[nH]c(=O)[nH]2)CC1)N(c1ccccc1)c1ccc(Cl)cc1. The van der Waals surface area contributed by atoms with Crippen LogP contribution in [0.3, 0.4) is 0 Å². The molecule has 174 valence electrons. The summed E-state index contributed by atoms with van der Waals surface area (Å²) in [5, 5.41) is 7.57. The van der Waals surface area contributed by atoms with Gasteiger partial charge in [0.2, 0.25) is 0 Å². The lowest BCUT2D eigenvalue weighted by atomic mass is 9.81. The fourth-order valence-electron chi connectivity index (χ4n) is 4.11. The van der Waals surface area contributed by atoms with Crippen molar-refractivity contribution >= 4 is 40.8 Å². The number of amides is 1. The van der Waals surface area contributed by atoms with E-state index in [9.17, 15) is 9.59 Å². The van der Waals surface area contributed by atoms with E-state index in [1.54, 1.807) is 28.8 Å². The molecule has 1 heterocycles. The number of nitrogens with zero attached hydrogens (tertiary/aromatic N) is 2. The number of thioether (sulfide) groups is 1. The Morgan fingerprint density at radius 3 is 2.36 bits per heavy atom. The van der Waals surface area contributed by atoms with Crippen molar-refractivity contribution in [3.05, 3.63) is 70.1 Å². The molecule has 7 nitrogen and oxygen atoms in total. The third-order valence-corrected chi connectivity index (χ3v) is 7.09. The number of aromatic nitrogens is 3. The largest absolute Gasteiger partial charge is 0.449 e. The van der Waals surface area contributed by atoms with E-state index in [0.717, 1.165) is 49.2 Å². The topological polar surface area (TPSA) is 91.1 Å². The van der Waals surface area contributed by atoms with Crippen LogP contribution in [0, 0.1) is 11.8 Å². The van der Waals surface area contributed by atoms with Crippen LogP contribution in [0.15, 0.2) is 64.5 Å². The van der Waals surface area contributed by atoms with E-state index < -0.39 is 0 Å². The molecule has 0 bridgehead atoms. The van der Waals surface area contributed by atoms with E-state index in [4.69, 9.17) is 16.3 Å². The third-order valence-electron chi connectivity index (χ3n) is 5.93. The van der Waals surface area contributed by atoms with Crippen LogP contribution < -0.4 is 10.6 Å². The Bertz CT molecular complexity index is 1080. The van der Waals surface area contributed by atoms with Gasteiger partial charge in [-0.1, -0.05) is 54.4 Å². The summed E-state index contributed by atoms with van der Waals surface area (Å²) in [5.74, 6) is 1.96. The first-order valence-electron chi connectivity index (χ1n) is 11.1. The zero-order chi connectivity index (χ0) is 23.0. The van der Waals surface area contributed by atoms with Gasteiger partial charge in [-0.15, -0.1) is 5.10 Å². The van der Waals surface area contributed by atoms with E-state index >= 15 is 0 Å². The Hall–Kier alpha value is -2.71. The molecule has 9 heteroatoms. The summed E-state index contributed by atoms with van der Waals surface area (Å²) in [7, 11) is 0. The standard InChI is InChI=1S/C24H27ClN4O3S/c25-19-10-12-21(13-11-19)29(20-4-2-1-3-5-20)24(31)32-16-18-8-6-17(7-9-18)14-15-33-23-26-22(30)27-28-23/h1-5,10-13,17-18H,6-9,14-16H2,(H2,26,27,28,30)/t17-,18-. The van der Waals surface area contributed by atoms with Gasteiger partial charge in [-0.25, -0.2) is 19.6 Å². The molecule has 2 aromatic carbocycles. The first-order valence-corrected chi connectivity index (χ1v) is 12.5. The Morgan fingerprint density at radius 1 is 1.03 bits per heavy atom. The minimum Gasteiger partial charge on any atom is -0.449 e. The number of halogens is 1. The summed E-state index contributed by atoms with van der Waals surface area (Å²) in [6.45, 7) is 0.422. The number of rotatable bonds is 8. The molecule has 33 heavy (non-hydrogen) atoms. The molecule has 2 N–H and O–H groups in total. The molecule has 4 rings (SSSR count). The highest BCUT2D eigenvalue weighted by atomic mass is 35.5. The number of hydrogen-bond donors (Lipinski definition) is 2. The third kappa shape index (κ3) is 6.65. The van der Waals surface area contributed by atoms with Crippen LogP contribution in [0.4, 0.5) is 16.2 Å². The molecule has 0 spiro atoms. The van der Waals surface area contributed by atoms with Crippen molar-refractivity contribution in [1.82, 2.24) is 15.2 Å². The van der Waals surface area contributed by atoms with Gasteiger partial charge in [0.05, 0.1) is 18.0 Å². The zero-order valence-corrected chi connectivity index (χ0v) is 19.8. The maximum absolute atomic E-state index is 13.0. The molecule has 1 aliphatic rings. The van der Waals surface area contributed by atoms with E-state index in [0.29, 0.717) is 28.6 Å². The highest BCUT2D eigenvalue weighted by Gasteiger charge is 2.25. The Kier molecular flexibility index (Phi) is 8.12. The van der Waals surface area contributed by atoms with Gasteiger partial charge in [-0.2, -0.15) is 0 Å². The Balaban J connectivity index is 1.26. The molecule has 1 fully saturated rings. The molecular formula is C24H27ClN4O3S. The molecule has 3 aromatic rings. The average molecular weight is 487 g/mol. The number of hydrogen-bond acceptors (Lipinski definition) is 5. The van der Waals surface area contributed by atoms with Crippen molar-refractivity contribution in [3.63, 3.8) is 0 Å². The second-order valence-corrected chi connectivity index (χ2v) is 9.75. The summed E-state index contributed by atoms with van der Waals surface area (Å²) in [5.41, 5.74) is 1.20. The molecule has 1 aromatic heterocycles. The normalized spacial score (nSPS) is 18.1. The maximum Gasteiger partial charge on any atom is 0.418 e. The summed E-state index contributed by atoms with van der Waals surface area (Å²) in [4.78, 5) is 28.4. The van der Waals surface area contributed by atoms with Crippen LogP contribution in [-0.2, 0) is 4.74 Å². The van der Waals surface area contributed by atoms with Crippen LogP contribution in [-0.4, -0.2) is 33.6 Å². The van der Waals surface area contributed by atoms with Crippen LogP contribution in [0.1, 0.15) is 32.1 Å². The van der Waals surface area contributed by atoms with Crippen LogP contribution >= 0.6 is 23.4 Å². The van der Waals surface area contributed by atoms with Crippen LogP contribution in [0.2, 0.25) is 5.02 Å². The highest BCUT2D eigenvalue weighted by molar-refractivity contribution is 7.99. The summed E-state index contributed by atoms with van der Waals surface area (Å²) < 4.78 is 5.76. The van der Waals surface area contributed by atoms with Gasteiger partial charge in [0.25, 0.3) is 0 Å². The minimum atomic E-state index is -0.380. The highest BCUT2D eigenvalue weighted by Crippen LogP contribution is 2.33. The molecule has 0 radical (unpaired) electrons. The molecule has 1 saturated carbocycles. The molecule has 1 amide bonds. The number of aromatic amines is 2. The lowest BCUT2D eigenvalue weighted by Crippen LogP contribution is -2.29. The van der Waals surface area contributed by atoms with Crippen molar-refractivity contribution in [2.24, 2.45) is 11.8 Å². The van der Waals surface area contributed by atoms with Gasteiger partial charge in [0, 0.05) is 10.8 Å². The van der Waals surface area contributed by atoms with Crippen molar-refractivity contribution < 1.29 is 9.53 Å². The number of carbonyl (C=O) groups is 1. The minimum absolute atomic E-state index is 0.269. The van der Waals surface area contributed by atoms with Gasteiger partial charge in [-0.3, -0.25) is 4.98 Å². The lowest BCUT2D eigenvalue weighted by molar-refractivity contribution is 0.116. The van der Waals surface area contributed by atoms with E-state index in [-0.39, 0.29) is 11.8 Å². The van der Waals surface area contributed by atoms with E-state index in [2.05, 4.69) is 15.2 Å². The first kappa shape index (κ1) is 23.4. The van der Waals surface area contributed by atoms with Crippen LogP contribution in [0.25, 0.3) is 0 Å². The smallest absolute Gasteiger partial charge is 0.418 e. The van der Waals surface area contributed by atoms with Gasteiger partial charge < -0.3 is 4.74 Å². The number of nitrogens with one attached hydrogen (secondary N) is 2. The van der Waals surface area contributed by atoms with Gasteiger partial charge in [0.1, 0.15) is 0 Å². The molecule has 0 atom stereocenters. The zero-order valence-electron chi connectivity index (χ0n) is 18.2. The lowest BCUT2D eigenvalue weighted by Gasteiger charge is -2.29. The van der Waals surface area contributed by atoms with Crippen LogP contribution in [0.5, 0.6) is 0 Å². The van der Waals surface area contributed by atoms with Crippen molar-refractivity contribution in [2.45, 2.75) is 37.3 Å². The van der Waals surface area contributed by atoms with Crippen molar-refractivity contribution in [1.29, 1.82) is 0 Å². The first-order chi connectivity index (χ1) is 16.1. The second-order valence-electron chi connectivity index (χ2n) is 8.23. The van der Waals surface area contributed by atoms with Crippen molar-refractivity contribution in [3.8, 4) is 0 Å². The fraction of sp³-hybridized carbons (Fsp3) is 0.375. The molecular weight excluding hydrogens is 460 g/mol. The molecule has 0 aliphatic heterocycles. The summed E-state index contributed by atoms with van der Waals surface area (Å²) in [6.07, 6.45) is 5.06. The van der Waals surface area contributed by atoms with Gasteiger partial charge >= 0.3 is 11.8 Å². The maximum atomic E-state index is 13.0. The molecule has 1 aliphatic carbocycles. The van der Waals surface area contributed by atoms with E-state index in [1.165, 1.54) is 0 Å². The van der Waals surface area contributed by atoms with Gasteiger partial charge in [-0.05, 0) is 67.5 Å². The quantitative estimate of drug-likeness (QED) is 0.380. The van der Waals surface area contributed by atoms with Gasteiger partial charge in [0.15, 0.2) is 5.16 Å². The number of carbonyl (C=O) groups excluding carboxylic acids is 1. The summed E-state index contributed by atoms with van der Waals surface area (Å²) >= 11 is 7.59. The monoisotopic (exact) mass is 486 g/mol. The predicted octanol–water partition coefficient (Wildman–Crippen LogP) is 6.01. The number of para-hydroxylation sites is 1. The fourth-order valence-corrected chi connectivity index (χ4v) is 5.16. The number of H-pyrrole nitrogens is 2. The second kappa shape index (κ2) is 11.4. The number of benzene rings is 2. The average Bonchev–Trinajstić information content (AvgIpc) is 3.25. The Morgan fingerprint density at radius 2 is 1.70 bits per heavy atom. The Labute approximate surface area is 201 Å². The number of ether oxygens (including phenoxy) is 1. The molecule has 0 saturated heterocycles. The number of anilines is 2. The van der Waals surface area contributed by atoms with Crippen molar-refractivity contribution in [2.75, 3.05) is 17.3 Å². The summed E-state index contributed by atoms with van der Waals surface area (Å²) in [6, 6.07) is 16.7. The van der Waals surface area contributed by atoms with E-state index in [1.807, 2.05) is 42.5 Å². The molecule has 0 unspecified atom stereocenters.